The smallest absolute Gasteiger partial charge is 0.347 e. The van der Waals surface area contributed by atoms with Gasteiger partial charge in [-0.3, -0.25) is 0 Å². The van der Waals surface area contributed by atoms with Gasteiger partial charge in [-0.15, -0.1) is 0 Å². The number of carbonyl (C=O) groups excluding carboxylic acids is 1. The third kappa shape index (κ3) is 4.51. The van der Waals surface area contributed by atoms with Crippen LogP contribution in [0.25, 0.3) is 0 Å². The highest BCUT2D eigenvalue weighted by Crippen LogP contribution is 2.36. The molecule has 0 atom stereocenters. The number of halogens is 1. The molecular formula is C22H21BrN2O3. The second-order valence-electron chi connectivity index (χ2n) is 6.43. The molecule has 3 rings (SSSR count). The van der Waals surface area contributed by atoms with Crippen molar-refractivity contribution in [1.29, 1.82) is 0 Å². The zero-order chi connectivity index (χ0) is 20.1. The molecule has 0 fully saturated rings. The Morgan fingerprint density at radius 3 is 2.25 bits per heavy atom. The number of nitrogens with zero attached hydrogens (tertiary/aromatic N) is 2. The minimum atomic E-state index is -0.488. The molecular weight excluding hydrogens is 420 g/mol. The number of aromatic nitrogens is 1. The molecule has 0 N–H and O–H groups in total. The van der Waals surface area contributed by atoms with E-state index in [1.807, 2.05) is 74.4 Å². The normalized spacial score (nSPS) is 10.4. The highest BCUT2D eigenvalue weighted by atomic mass is 79.9. The third-order valence-electron chi connectivity index (χ3n) is 4.14. The van der Waals surface area contributed by atoms with Crippen molar-refractivity contribution in [3.63, 3.8) is 0 Å². The third-order valence-corrected chi connectivity index (χ3v) is 4.67. The fourth-order valence-electron chi connectivity index (χ4n) is 2.80. The highest BCUT2D eigenvalue weighted by molar-refractivity contribution is 9.10. The molecule has 0 saturated carbocycles. The summed E-state index contributed by atoms with van der Waals surface area (Å²) in [5.41, 5.74) is 2.04. The van der Waals surface area contributed by atoms with Crippen molar-refractivity contribution in [3.05, 3.63) is 82.0 Å². The Morgan fingerprint density at radius 2 is 1.64 bits per heavy atom. The Bertz CT molecular complexity index is 961. The van der Waals surface area contributed by atoms with Gasteiger partial charge < -0.3 is 14.4 Å². The number of esters is 1. The number of ether oxygens (including phenoxy) is 2. The second-order valence-corrected chi connectivity index (χ2v) is 7.18. The molecule has 28 heavy (non-hydrogen) atoms. The molecule has 0 radical (unpaired) electrons. The monoisotopic (exact) mass is 440 g/mol. The predicted octanol–water partition coefficient (Wildman–Crippen LogP) is 5.02. The quantitative estimate of drug-likeness (QED) is 0.306. The Balaban J connectivity index is 1.99. The van der Waals surface area contributed by atoms with Gasteiger partial charge in [0.25, 0.3) is 0 Å². The summed E-state index contributed by atoms with van der Waals surface area (Å²) < 4.78 is 12.0. The zero-order valence-electron chi connectivity index (χ0n) is 16.0. The molecule has 0 bridgehead atoms. The minimum Gasteiger partial charge on any atom is -0.485 e. The first-order valence-electron chi connectivity index (χ1n) is 8.78. The Hall–Kier alpha value is -2.86. The van der Waals surface area contributed by atoms with Crippen LogP contribution in [-0.4, -0.2) is 25.0 Å². The van der Waals surface area contributed by atoms with Crippen LogP contribution in [0.5, 0.6) is 11.5 Å². The standard InChI is InChI=1S/C22H21BrN2O3/c1-15-18(22(26)28-17-12-8-5-9-13-17)19(20(23)24-21(15)25(2)3)27-14-16-10-6-4-7-11-16/h4-13H,14H2,1-3H3. The predicted molar refractivity (Wildman–Crippen MR) is 113 cm³/mol. The van der Waals surface area contributed by atoms with E-state index >= 15 is 0 Å². The number of para-hydroxylation sites is 1. The van der Waals surface area contributed by atoms with E-state index in [0.29, 0.717) is 39.7 Å². The Morgan fingerprint density at radius 1 is 1.04 bits per heavy atom. The number of carbonyl (C=O) groups is 1. The Labute approximate surface area is 173 Å². The lowest BCUT2D eigenvalue weighted by molar-refractivity contribution is 0.0728. The molecule has 144 valence electrons. The number of hydrogen-bond acceptors (Lipinski definition) is 5. The molecule has 1 aromatic heterocycles. The van der Waals surface area contributed by atoms with Crippen LogP contribution >= 0.6 is 15.9 Å². The van der Waals surface area contributed by atoms with E-state index in [1.54, 1.807) is 12.1 Å². The van der Waals surface area contributed by atoms with Crippen molar-refractivity contribution in [2.24, 2.45) is 0 Å². The van der Waals surface area contributed by atoms with E-state index in [4.69, 9.17) is 9.47 Å². The van der Waals surface area contributed by atoms with Crippen LogP contribution in [0.2, 0.25) is 0 Å². The van der Waals surface area contributed by atoms with Crippen LogP contribution in [0, 0.1) is 6.92 Å². The van der Waals surface area contributed by atoms with Crippen molar-refractivity contribution in [1.82, 2.24) is 4.98 Å². The minimum absolute atomic E-state index is 0.313. The molecule has 2 aromatic carbocycles. The van der Waals surface area contributed by atoms with Crippen molar-refractivity contribution in [2.75, 3.05) is 19.0 Å². The summed E-state index contributed by atoms with van der Waals surface area (Å²) in [6.45, 7) is 2.15. The second kappa shape index (κ2) is 8.89. The van der Waals surface area contributed by atoms with Gasteiger partial charge in [0.05, 0.1) is 0 Å². The van der Waals surface area contributed by atoms with Crippen molar-refractivity contribution in [3.8, 4) is 11.5 Å². The molecule has 6 heteroatoms. The number of pyridine rings is 1. The highest BCUT2D eigenvalue weighted by Gasteiger charge is 2.25. The summed E-state index contributed by atoms with van der Waals surface area (Å²) in [7, 11) is 3.75. The van der Waals surface area contributed by atoms with Crippen molar-refractivity contribution in [2.45, 2.75) is 13.5 Å². The maximum atomic E-state index is 13.0. The fraction of sp³-hybridized carbons (Fsp3) is 0.182. The molecule has 1 heterocycles. The van der Waals surface area contributed by atoms with E-state index in [9.17, 15) is 4.79 Å². The summed E-state index contributed by atoms with van der Waals surface area (Å²) >= 11 is 3.46. The molecule has 5 nitrogen and oxygen atoms in total. The van der Waals surface area contributed by atoms with Crippen LogP contribution in [0.1, 0.15) is 21.5 Å². The Kier molecular flexibility index (Phi) is 6.31. The van der Waals surface area contributed by atoms with Gasteiger partial charge in [0, 0.05) is 19.7 Å². The van der Waals surface area contributed by atoms with Gasteiger partial charge in [-0.1, -0.05) is 48.5 Å². The maximum absolute atomic E-state index is 13.0. The first-order valence-corrected chi connectivity index (χ1v) is 9.58. The maximum Gasteiger partial charge on any atom is 0.347 e. The first-order chi connectivity index (χ1) is 13.5. The van der Waals surface area contributed by atoms with Gasteiger partial charge in [-0.25, -0.2) is 9.78 Å². The molecule has 0 saturated heterocycles. The number of anilines is 1. The number of rotatable bonds is 6. The summed E-state index contributed by atoms with van der Waals surface area (Å²) in [6.07, 6.45) is 0. The van der Waals surface area contributed by atoms with Gasteiger partial charge >= 0.3 is 5.97 Å². The van der Waals surface area contributed by atoms with Crippen LogP contribution in [0.3, 0.4) is 0 Å². The van der Waals surface area contributed by atoms with Crippen LogP contribution in [-0.2, 0) is 6.61 Å². The first kappa shape index (κ1) is 19.9. The summed E-state index contributed by atoms with van der Waals surface area (Å²) in [6, 6.07) is 18.7. The fourth-order valence-corrected chi connectivity index (χ4v) is 3.28. The lowest BCUT2D eigenvalue weighted by atomic mass is 10.1. The lowest BCUT2D eigenvalue weighted by Crippen LogP contribution is -2.19. The van der Waals surface area contributed by atoms with Crippen LogP contribution in [0.4, 0.5) is 5.82 Å². The average Bonchev–Trinajstić information content (AvgIpc) is 2.69. The van der Waals surface area contributed by atoms with Crippen LogP contribution < -0.4 is 14.4 Å². The SMILES string of the molecule is Cc1c(N(C)C)nc(Br)c(OCc2ccccc2)c1C(=O)Oc1ccccc1. The topological polar surface area (TPSA) is 51.7 Å². The number of hydrogen-bond donors (Lipinski definition) is 0. The van der Waals surface area contributed by atoms with Crippen molar-refractivity contribution >= 4 is 27.7 Å². The van der Waals surface area contributed by atoms with Crippen LogP contribution in [0.15, 0.2) is 65.3 Å². The molecule has 0 spiro atoms. The van der Waals surface area contributed by atoms with Gasteiger partial charge in [-0.05, 0) is 40.5 Å². The molecule has 0 aliphatic carbocycles. The van der Waals surface area contributed by atoms with Gasteiger partial charge in [0.2, 0.25) is 0 Å². The van der Waals surface area contributed by atoms with E-state index in [1.165, 1.54) is 0 Å². The largest absolute Gasteiger partial charge is 0.485 e. The lowest BCUT2D eigenvalue weighted by Gasteiger charge is -2.20. The van der Waals surface area contributed by atoms with Gasteiger partial charge in [0.15, 0.2) is 10.4 Å². The van der Waals surface area contributed by atoms with Gasteiger partial charge in [-0.2, -0.15) is 0 Å². The van der Waals surface area contributed by atoms with E-state index < -0.39 is 5.97 Å². The summed E-state index contributed by atoms with van der Waals surface area (Å²) in [5.74, 6) is 1.02. The molecule has 3 aromatic rings. The summed E-state index contributed by atoms with van der Waals surface area (Å²) in [4.78, 5) is 19.4. The van der Waals surface area contributed by atoms with Gasteiger partial charge in [0.1, 0.15) is 23.7 Å². The molecule has 0 amide bonds. The van der Waals surface area contributed by atoms with Crippen molar-refractivity contribution < 1.29 is 14.3 Å². The molecule has 0 aliphatic heterocycles. The molecule has 0 aliphatic rings. The molecule has 0 unspecified atom stereocenters. The van der Waals surface area contributed by atoms with E-state index in [2.05, 4.69) is 20.9 Å². The van der Waals surface area contributed by atoms with E-state index in [0.717, 1.165) is 5.56 Å². The van der Waals surface area contributed by atoms with E-state index in [-0.39, 0.29) is 0 Å². The average molecular weight is 441 g/mol. The zero-order valence-corrected chi connectivity index (χ0v) is 17.6. The number of benzene rings is 2. The summed E-state index contributed by atoms with van der Waals surface area (Å²) in [5, 5.41) is 0.